The van der Waals surface area contributed by atoms with Crippen molar-refractivity contribution < 1.29 is 5.11 Å². The van der Waals surface area contributed by atoms with Crippen molar-refractivity contribution in [2.24, 2.45) is 7.05 Å². The summed E-state index contributed by atoms with van der Waals surface area (Å²) in [4.78, 5) is 6.98. The molecule has 1 aromatic carbocycles. The summed E-state index contributed by atoms with van der Waals surface area (Å²) in [5.41, 5.74) is 1.81. The zero-order chi connectivity index (χ0) is 14.5. The monoisotopic (exact) mass is 293 g/mol. The van der Waals surface area contributed by atoms with Crippen LogP contribution in [0.5, 0.6) is 0 Å². The normalized spacial score (nSPS) is 22.8. The number of likely N-dealkylation sites (tertiary alicyclic amines) is 1. The van der Waals surface area contributed by atoms with Crippen LogP contribution in [0.4, 0.5) is 0 Å². The van der Waals surface area contributed by atoms with Crippen molar-refractivity contribution in [1.82, 2.24) is 14.5 Å². The van der Waals surface area contributed by atoms with Gasteiger partial charge in [0.25, 0.3) is 0 Å². The number of fused-ring (bicyclic) bond motifs is 1. The molecule has 20 heavy (non-hydrogen) atoms. The van der Waals surface area contributed by atoms with E-state index in [1.54, 1.807) is 0 Å². The van der Waals surface area contributed by atoms with Crippen LogP contribution >= 0.6 is 11.6 Å². The molecule has 0 unspecified atom stereocenters. The van der Waals surface area contributed by atoms with Crippen LogP contribution in [0.1, 0.15) is 26.1 Å². The van der Waals surface area contributed by atoms with Crippen molar-refractivity contribution in [3.63, 3.8) is 0 Å². The SMILES string of the molecule is Cn1c(CN2CC[C@H](O)C2(C)C)nc2ccc(Cl)cc21. The van der Waals surface area contributed by atoms with Gasteiger partial charge in [-0.05, 0) is 38.5 Å². The highest BCUT2D eigenvalue weighted by molar-refractivity contribution is 6.31. The summed E-state index contributed by atoms with van der Waals surface area (Å²) >= 11 is 6.05. The van der Waals surface area contributed by atoms with E-state index in [0.29, 0.717) is 0 Å². The summed E-state index contributed by atoms with van der Waals surface area (Å²) in [5.74, 6) is 1.00. The lowest BCUT2D eigenvalue weighted by Crippen LogP contribution is -2.44. The Morgan fingerprint density at radius 3 is 2.85 bits per heavy atom. The van der Waals surface area contributed by atoms with Gasteiger partial charge in [-0.1, -0.05) is 11.6 Å². The van der Waals surface area contributed by atoms with Gasteiger partial charge in [-0.25, -0.2) is 4.98 Å². The van der Waals surface area contributed by atoms with Crippen LogP contribution in [-0.2, 0) is 13.6 Å². The van der Waals surface area contributed by atoms with E-state index < -0.39 is 0 Å². The van der Waals surface area contributed by atoms with Gasteiger partial charge in [0.15, 0.2) is 0 Å². The number of aliphatic hydroxyl groups excluding tert-OH is 1. The van der Waals surface area contributed by atoms with Gasteiger partial charge in [0.05, 0.1) is 23.7 Å². The van der Waals surface area contributed by atoms with Crippen LogP contribution in [0.2, 0.25) is 5.02 Å². The van der Waals surface area contributed by atoms with E-state index in [2.05, 4.69) is 28.3 Å². The average molecular weight is 294 g/mol. The van der Waals surface area contributed by atoms with Gasteiger partial charge in [-0.15, -0.1) is 0 Å². The number of halogens is 1. The number of rotatable bonds is 2. The Balaban J connectivity index is 1.94. The minimum Gasteiger partial charge on any atom is -0.391 e. The first-order chi connectivity index (χ1) is 9.39. The molecule has 1 aliphatic rings. The molecule has 1 fully saturated rings. The summed E-state index contributed by atoms with van der Waals surface area (Å²) in [6.45, 7) is 5.82. The highest BCUT2D eigenvalue weighted by Gasteiger charge is 2.40. The molecule has 2 aromatic rings. The van der Waals surface area contributed by atoms with Crippen molar-refractivity contribution in [3.8, 4) is 0 Å². The maximum atomic E-state index is 10.1. The van der Waals surface area contributed by atoms with E-state index in [1.807, 2.05) is 25.2 Å². The zero-order valence-corrected chi connectivity index (χ0v) is 12.9. The molecule has 1 aromatic heterocycles. The average Bonchev–Trinajstić information content (AvgIpc) is 2.83. The molecule has 1 aliphatic heterocycles. The van der Waals surface area contributed by atoms with Crippen molar-refractivity contribution in [3.05, 3.63) is 29.0 Å². The van der Waals surface area contributed by atoms with Crippen molar-refractivity contribution in [1.29, 1.82) is 0 Å². The largest absolute Gasteiger partial charge is 0.391 e. The highest BCUT2D eigenvalue weighted by atomic mass is 35.5. The highest BCUT2D eigenvalue weighted by Crippen LogP contribution is 2.30. The predicted octanol–water partition coefficient (Wildman–Crippen LogP) is 2.57. The third kappa shape index (κ3) is 2.12. The molecule has 0 saturated carbocycles. The van der Waals surface area contributed by atoms with E-state index in [4.69, 9.17) is 11.6 Å². The first-order valence-electron chi connectivity index (χ1n) is 6.93. The van der Waals surface area contributed by atoms with Gasteiger partial charge >= 0.3 is 0 Å². The second-order valence-electron chi connectivity index (χ2n) is 6.10. The van der Waals surface area contributed by atoms with E-state index in [-0.39, 0.29) is 11.6 Å². The maximum absolute atomic E-state index is 10.1. The fourth-order valence-corrected chi connectivity index (χ4v) is 3.10. The minimum atomic E-state index is -0.272. The maximum Gasteiger partial charge on any atom is 0.123 e. The number of nitrogens with zero attached hydrogens (tertiary/aromatic N) is 3. The van der Waals surface area contributed by atoms with Crippen LogP contribution in [0.15, 0.2) is 18.2 Å². The van der Waals surface area contributed by atoms with Gasteiger partial charge in [0, 0.05) is 24.2 Å². The zero-order valence-electron chi connectivity index (χ0n) is 12.1. The molecule has 3 rings (SSSR count). The fourth-order valence-electron chi connectivity index (χ4n) is 2.94. The number of hydrogen-bond acceptors (Lipinski definition) is 3. The van der Waals surface area contributed by atoms with Crippen molar-refractivity contribution in [2.75, 3.05) is 6.54 Å². The lowest BCUT2D eigenvalue weighted by molar-refractivity contribution is 0.0490. The van der Waals surface area contributed by atoms with Crippen LogP contribution < -0.4 is 0 Å². The lowest BCUT2D eigenvalue weighted by atomic mass is 9.99. The molecule has 1 N–H and O–H groups in total. The minimum absolute atomic E-state index is 0.199. The van der Waals surface area contributed by atoms with Crippen LogP contribution in [0.25, 0.3) is 11.0 Å². The molecule has 1 saturated heterocycles. The molecular weight excluding hydrogens is 274 g/mol. The molecule has 0 bridgehead atoms. The number of benzene rings is 1. The Hall–Kier alpha value is -1.10. The van der Waals surface area contributed by atoms with Gasteiger partial charge in [0.2, 0.25) is 0 Å². The molecular formula is C15H20ClN3O. The first-order valence-corrected chi connectivity index (χ1v) is 7.31. The van der Waals surface area contributed by atoms with E-state index in [1.165, 1.54) is 0 Å². The molecule has 0 aliphatic carbocycles. The summed E-state index contributed by atoms with van der Waals surface area (Å²) in [6.07, 6.45) is 0.551. The Morgan fingerprint density at radius 1 is 1.45 bits per heavy atom. The van der Waals surface area contributed by atoms with Gasteiger partial charge in [-0.3, -0.25) is 4.90 Å². The number of aromatic nitrogens is 2. The molecule has 0 radical (unpaired) electrons. The lowest BCUT2D eigenvalue weighted by Gasteiger charge is -2.33. The Kier molecular flexibility index (Phi) is 3.27. The summed E-state index contributed by atoms with van der Waals surface area (Å²) in [5, 5.41) is 10.8. The van der Waals surface area contributed by atoms with Crippen molar-refractivity contribution >= 4 is 22.6 Å². The molecule has 5 heteroatoms. The number of hydrogen-bond donors (Lipinski definition) is 1. The summed E-state index contributed by atoms with van der Waals surface area (Å²) in [6, 6.07) is 5.76. The third-order valence-corrected chi connectivity index (χ3v) is 4.81. The summed E-state index contributed by atoms with van der Waals surface area (Å²) in [7, 11) is 2.01. The smallest absolute Gasteiger partial charge is 0.123 e. The van der Waals surface area contributed by atoms with E-state index in [0.717, 1.165) is 41.4 Å². The van der Waals surface area contributed by atoms with Gasteiger partial charge in [0.1, 0.15) is 5.82 Å². The molecule has 108 valence electrons. The van der Waals surface area contributed by atoms with E-state index >= 15 is 0 Å². The van der Waals surface area contributed by atoms with Crippen LogP contribution in [0.3, 0.4) is 0 Å². The molecule has 1 atom stereocenters. The second kappa shape index (κ2) is 4.72. The molecule has 0 spiro atoms. The summed E-state index contributed by atoms with van der Waals surface area (Å²) < 4.78 is 2.09. The number of aryl methyl sites for hydroxylation is 1. The molecule has 4 nitrogen and oxygen atoms in total. The molecule has 0 amide bonds. The van der Waals surface area contributed by atoms with Crippen LogP contribution in [0, 0.1) is 0 Å². The predicted molar refractivity (Wildman–Crippen MR) is 80.8 cm³/mol. The van der Waals surface area contributed by atoms with Crippen LogP contribution in [-0.4, -0.2) is 37.7 Å². The van der Waals surface area contributed by atoms with E-state index in [9.17, 15) is 5.11 Å². The quantitative estimate of drug-likeness (QED) is 0.925. The fraction of sp³-hybridized carbons (Fsp3) is 0.533. The number of aliphatic hydroxyl groups is 1. The number of imidazole rings is 1. The Morgan fingerprint density at radius 2 is 2.20 bits per heavy atom. The molecule has 2 heterocycles. The standard InChI is InChI=1S/C15H20ClN3O/c1-15(2)13(20)6-7-19(15)9-14-17-11-5-4-10(16)8-12(11)18(14)3/h4-5,8,13,20H,6-7,9H2,1-3H3/t13-/m0/s1. The third-order valence-electron chi connectivity index (χ3n) is 4.57. The van der Waals surface area contributed by atoms with Gasteiger partial charge in [-0.2, -0.15) is 0 Å². The second-order valence-corrected chi connectivity index (χ2v) is 6.54. The Bertz CT molecular complexity index is 650. The van der Waals surface area contributed by atoms with Gasteiger partial charge < -0.3 is 9.67 Å². The Labute approximate surface area is 124 Å². The first kappa shape index (κ1) is 13.9. The van der Waals surface area contributed by atoms with Crippen molar-refractivity contribution in [2.45, 2.75) is 38.5 Å². The topological polar surface area (TPSA) is 41.3 Å².